The van der Waals surface area contributed by atoms with Crippen LogP contribution in [-0.4, -0.2) is 43.9 Å². The number of rotatable bonds is 8. The summed E-state index contributed by atoms with van der Waals surface area (Å²) in [6.07, 6.45) is -3.39. The van der Waals surface area contributed by atoms with Gasteiger partial charge in [0.25, 0.3) is 11.8 Å². The summed E-state index contributed by atoms with van der Waals surface area (Å²) in [6.45, 7) is -0.0647. The Balaban J connectivity index is 1.90. The Morgan fingerprint density at radius 1 is 1.13 bits per heavy atom. The summed E-state index contributed by atoms with van der Waals surface area (Å²) in [5, 5.41) is 8.37. The van der Waals surface area contributed by atoms with Crippen LogP contribution >= 0.6 is 22.6 Å². The number of amides is 2. The molecule has 2 amide bonds. The van der Waals surface area contributed by atoms with Crippen molar-refractivity contribution in [3.05, 3.63) is 68.4 Å². The number of halogens is 6. The van der Waals surface area contributed by atoms with Gasteiger partial charge in [-0.05, 0) is 72.3 Å². The Morgan fingerprint density at radius 2 is 1.82 bits per heavy atom. The summed E-state index contributed by atoms with van der Waals surface area (Å²) in [7, 11) is -1.14. The highest BCUT2D eigenvalue weighted by Crippen LogP contribution is 2.35. The van der Waals surface area contributed by atoms with Gasteiger partial charge in [-0.2, -0.15) is 27.1 Å². The summed E-state index contributed by atoms with van der Waals surface area (Å²) >= 11 is 1.92. The van der Waals surface area contributed by atoms with E-state index in [2.05, 4.69) is 15.7 Å². The van der Waals surface area contributed by atoms with Crippen LogP contribution in [-0.2, 0) is 17.0 Å². The van der Waals surface area contributed by atoms with E-state index in [1.165, 1.54) is 30.5 Å². The molecule has 1 heterocycles. The Morgan fingerprint density at radius 3 is 2.39 bits per heavy atom. The molecule has 2 atom stereocenters. The monoisotopic (exact) mass is 668 g/mol. The van der Waals surface area contributed by atoms with Crippen LogP contribution in [0.1, 0.15) is 45.4 Å². The number of carbonyl (C=O) groups excluding carboxylic acids is 2. The molecule has 0 radical (unpaired) electrons. The van der Waals surface area contributed by atoms with Crippen molar-refractivity contribution in [1.29, 1.82) is 0 Å². The SMILES string of the molecule is Cc1cc(-c2cc(C(F)(F)F)nn2C(F)F)ccc1NC(=O)c1cccc(I)c1C(=O)NC(C)CS(C)=O. The topological polar surface area (TPSA) is 93.1 Å². The van der Waals surface area contributed by atoms with Gasteiger partial charge in [-0.15, -0.1) is 0 Å². The van der Waals surface area contributed by atoms with Crippen molar-refractivity contribution in [2.24, 2.45) is 0 Å². The fourth-order valence-electron chi connectivity index (χ4n) is 3.68. The number of alkyl halides is 5. The van der Waals surface area contributed by atoms with Crippen LogP contribution in [0, 0.1) is 10.5 Å². The van der Waals surface area contributed by atoms with Gasteiger partial charge in [-0.3, -0.25) is 13.8 Å². The summed E-state index contributed by atoms with van der Waals surface area (Å²) < 4.78 is 77.8. The Bertz CT molecular complexity index is 1390. The molecule has 2 aromatic carbocycles. The number of benzene rings is 2. The van der Waals surface area contributed by atoms with E-state index in [9.17, 15) is 35.8 Å². The minimum atomic E-state index is -4.90. The predicted molar refractivity (Wildman–Crippen MR) is 142 cm³/mol. The van der Waals surface area contributed by atoms with Gasteiger partial charge in [0.15, 0.2) is 5.69 Å². The number of hydrogen-bond acceptors (Lipinski definition) is 4. The minimum absolute atomic E-state index is 0.0122. The number of hydrogen-bond donors (Lipinski definition) is 2. The van der Waals surface area contributed by atoms with E-state index in [1.54, 1.807) is 26.0 Å². The van der Waals surface area contributed by atoms with Crippen molar-refractivity contribution in [3.63, 3.8) is 0 Å². The van der Waals surface area contributed by atoms with Crippen LogP contribution in [0.5, 0.6) is 0 Å². The summed E-state index contributed by atoms with van der Waals surface area (Å²) in [5.74, 6) is -0.920. The average molecular weight is 668 g/mol. The molecule has 7 nitrogen and oxygen atoms in total. The lowest BCUT2D eigenvalue weighted by Crippen LogP contribution is -2.37. The number of carbonyl (C=O) groups is 2. The van der Waals surface area contributed by atoms with E-state index in [-0.39, 0.29) is 32.8 Å². The number of nitrogens with zero attached hydrogens (tertiary/aromatic N) is 2. The highest BCUT2D eigenvalue weighted by Gasteiger charge is 2.36. The first-order valence-corrected chi connectivity index (χ1v) is 13.8. The van der Waals surface area contributed by atoms with E-state index in [1.807, 2.05) is 22.6 Å². The highest BCUT2D eigenvalue weighted by atomic mass is 127. The number of aromatic nitrogens is 2. The average Bonchev–Trinajstić information content (AvgIpc) is 3.26. The maximum Gasteiger partial charge on any atom is 0.435 e. The molecular weight excluding hydrogens is 646 g/mol. The summed E-state index contributed by atoms with van der Waals surface area (Å²) in [4.78, 5) is 26.1. The second kappa shape index (κ2) is 11.9. The van der Waals surface area contributed by atoms with Gasteiger partial charge in [0.2, 0.25) is 0 Å². The van der Waals surface area contributed by atoms with Crippen LogP contribution in [0.25, 0.3) is 11.3 Å². The zero-order chi connectivity index (χ0) is 28.4. The first-order chi connectivity index (χ1) is 17.7. The Hall–Kier alpha value is -2.88. The molecule has 0 saturated carbocycles. The Kier molecular flexibility index (Phi) is 9.28. The zero-order valence-corrected chi connectivity index (χ0v) is 23.2. The fourth-order valence-corrected chi connectivity index (χ4v) is 5.21. The molecule has 2 N–H and O–H groups in total. The third-order valence-electron chi connectivity index (χ3n) is 5.33. The molecule has 0 aliphatic carbocycles. The van der Waals surface area contributed by atoms with Crippen LogP contribution in [0.3, 0.4) is 0 Å². The number of anilines is 1. The third kappa shape index (κ3) is 6.95. The lowest BCUT2D eigenvalue weighted by Gasteiger charge is -2.16. The van der Waals surface area contributed by atoms with Gasteiger partial charge in [0, 0.05) is 43.7 Å². The molecule has 1 aromatic heterocycles. The maximum absolute atomic E-state index is 13.4. The second-order valence-corrected chi connectivity index (χ2v) is 11.0. The zero-order valence-electron chi connectivity index (χ0n) is 20.2. The van der Waals surface area contributed by atoms with E-state index in [4.69, 9.17) is 0 Å². The molecule has 0 aliphatic heterocycles. The molecule has 0 fully saturated rings. The molecular formula is C24H22F5IN4O3S. The maximum atomic E-state index is 13.4. The molecule has 2 unspecified atom stereocenters. The van der Waals surface area contributed by atoms with Gasteiger partial charge in [0.05, 0.1) is 16.8 Å². The van der Waals surface area contributed by atoms with Crippen LogP contribution in [0.4, 0.5) is 27.6 Å². The predicted octanol–water partition coefficient (Wildman–Crippen LogP) is 5.63. The lowest BCUT2D eigenvalue weighted by molar-refractivity contribution is -0.142. The highest BCUT2D eigenvalue weighted by molar-refractivity contribution is 14.1. The van der Waals surface area contributed by atoms with Crippen molar-refractivity contribution in [2.75, 3.05) is 17.3 Å². The molecule has 3 rings (SSSR count). The lowest BCUT2D eigenvalue weighted by atomic mass is 10.0. The van der Waals surface area contributed by atoms with Crippen LogP contribution in [0.2, 0.25) is 0 Å². The molecule has 0 saturated heterocycles. The van der Waals surface area contributed by atoms with E-state index in [0.29, 0.717) is 15.2 Å². The number of nitrogens with one attached hydrogen (secondary N) is 2. The summed E-state index contributed by atoms with van der Waals surface area (Å²) in [6, 6.07) is 8.83. The largest absolute Gasteiger partial charge is 0.435 e. The van der Waals surface area contributed by atoms with E-state index < -0.39 is 52.8 Å². The fraction of sp³-hybridized carbons (Fsp3) is 0.292. The molecule has 38 heavy (non-hydrogen) atoms. The molecule has 0 spiro atoms. The molecule has 0 aliphatic rings. The summed E-state index contributed by atoms with van der Waals surface area (Å²) in [5.41, 5.74) is -1.03. The molecule has 204 valence electrons. The molecule has 0 bridgehead atoms. The smallest absolute Gasteiger partial charge is 0.349 e. The van der Waals surface area contributed by atoms with Gasteiger partial charge in [-0.25, -0.2) is 4.68 Å². The van der Waals surface area contributed by atoms with Crippen molar-refractivity contribution in [1.82, 2.24) is 15.1 Å². The van der Waals surface area contributed by atoms with Crippen molar-refractivity contribution in [3.8, 4) is 11.3 Å². The van der Waals surface area contributed by atoms with Crippen molar-refractivity contribution >= 4 is 50.9 Å². The normalized spacial score (nSPS) is 13.3. The molecule has 3 aromatic rings. The van der Waals surface area contributed by atoms with Crippen LogP contribution in [0.15, 0.2) is 42.5 Å². The first-order valence-electron chi connectivity index (χ1n) is 11.0. The first kappa shape index (κ1) is 29.7. The van der Waals surface area contributed by atoms with Crippen molar-refractivity contribution < 1.29 is 35.8 Å². The number of aryl methyl sites for hydroxylation is 1. The second-order valence-electron chi connectivity index (χ2n) is 8.40. The molecule has 14 heteroatoms. The Labute approximate surface area is 230 Å². The van der Waals surface area contributed by atoms with Gasteiger partial charge in [0.1, 0.15) is 0 Å². The third-order valence-corrected chi connectivity index (χ3v) is 7.20. The van der Waals surface area contributed by atoms with E-state index in [0.717, 1.165) is 0 Å². The van der Waals surface area contributed by atoms with Gasteiger partial charge >= 0.3 is 12.7 Å². The standard InChI is InChI=1S/C24H22F5IN4O3S/c1-12-9-14(18-10-19(24(27,28)29)33-34(18)23(25)26)7-8-17(12)32-21(35)15-5-4-6-16(30)20(15)22(36)31-13(2)11-38(3)37/h4-10,13,23H,11H2,1-3H3,(H,31,36)(H,32,35). The van der Waals surface area contributed by atoms with Crippen molar-refractivity contribution in [2.45, 2.75) is 32.6 Å². The van der Waals surface area contributed by atoms with Gasteiger partial charge < -0.3 is 10.6 Å². The quantitative estimate of drug-likeness (QED) is 0.241. The van der Waals surface area contributed by atoms with E-state index >= 15 is 0 Å². The minimum Gasteiger partial charge on any atom is -0.349 e. The van der Waals surface area contributed by atoms with Crippen LogP contribution < -0.4 is 10.6 Å². The van der Waals surface area contributed by atoms with Gasteiger partial charge in [-0.1, -0.05) is 12.1 Å².